The molecule has 3 aliphatic rings. The van der Waals surface area contributed by atoms with Crippen LogP contribution < -0.4 is 0 Å². The van der Waals surface area contributed by atoms with Gasteiger partial charge in [0.2, 0.25) is 11.8 Å². The molecule has 8 heteroatoms. The van der Waals surface area contributed by atoms with Gasteiger partial charge in [-0.3, -0.25) is 9.59 Å². The van der Waals surface area contributed by atoms with Crippen molar-refractivity contribution in [1.82, 2.24) is 4.90 Å². The molecule has 1 aromatic rings. The number of hydrogen-bond donors (Lipinski definition) is 1. The molecule has 3 amide bonds. The van der Waals surface area contributed by atoms with Gasteiger partial charge in [0.1, 0.15) is 18.1 Å². The Morgan fingerprint density at radius 1 is 1.24 bits per heavy atom. The third-order valence-corrected chi connectivity index (χ3v) is 7.16. The third kappa shape index (κ3) is 4.17. The van der Waals surface area contributed by atoms with Crippen molar-refractivity contribution in [2.24, 2.45) is 17.8 Å². The van der Waals surface area contributed by atoms with E-state index in [9.17, 15) is 19.5 Å². The monoisotopic (exact) mass is 457 g/mol. The fourth-order valence-corrected chi connectivity index (χ4v) is 5.51. The molecule has 0 spiro atoms. The Balaban J connectivity index is 1.52. The Hall–Kier alpha value is -2.71. The molecular formula is C25H31NO7. The van der Waals surface area contributed by atoms with Gasteiger partial charge in [0.05, 0.1) is 31.7 Å². The lowest BCUT2D eigenvalue weighted by Crippen LogP contribution is -2.38. The summed E-state index contributed by atoms with van der Waals surface area (Å²) in [4.78, 5) is 38.6. The Labute approximate surface area is 193 Å². The van der Waals surface area contributed by atoms with Crippen LogP contribution >= 0.6 is 0 Å². The van der Waals surface area contributed by atoms with Gasteiger partial charge < -0.3 is 19.0 Å². The number of imide groups is 3. The molecule has 4 rings (SSSR count). The first kappa shape index (κ1) is 23.4. The molecule has 1 aliphatic carbocycles. The van der Waals surface area contributed by atoms with E-state index in [1.807, 2.05) is 12.1 Å². The van der Waals surface area contributed by atoms with E-state index >= 15 is 0 Å². The first-order chi connectivity index (χ1) is 15.9. The van der Waals surface area contributed by atoms with Crippen molar-refractivity contribution in [3.63, 3.8) is 0 Å². The van der Waals surface area contributed by atoms with Gasteiger partial charge in [-0.1, -0.05) is 25.0 Å². The van der Waals surface area contributed by atoms with Crippen LogP contribution in [0.1, 0.15) is 57.5 Å². The number of likely N-dealkylation sites (tertiary alicyclic amines) is 1. The fourth-order valence-electron chi connectivity index (χ4n) is 5.51. The van der Waals surface area contributed by atoms with Crippen molar-refractivity contribution in [3.8, 4) is 0 Å². The van der Waals surface area contributed by atoms with Crippen molar-refractivity contribution in [1.29, 1.82) is 0 Å². The molecule has 2 saturated heterocycles. The summed E-state index contributed by atoms with van der Waals surface area (Å²) in [6.45, 7) is 4.40. The van der Waals surface area contributed by atoms with Crippen molar-refractivity contribution in [2.45, 2.75) is 58.7 Å². The maximum Gasteiger partial charge on any atom is 0.423 e. The highest BCUT2D eigenvalue weighted by Crippen LogP contribution is 2.50. The molecule has 0 bridgehead atoms. The molecule has 3 heterocycles. The smallest absolute Gasteiger partial charge is 0.423 e. The Kier molecular flexibility index (Phi) is 6.86. The van der Waals surface area contributed by atoms with Crippen LogP contribution in [0.2, 0.25) is 0 Å². The number of rotatable bonds is 7. The summed E-state index contributed by atoms with van der Waals surface area (Å²) in [7, 11) is 1.17. The minimum absolute atomic E-state index is 0.111. The molecular weight excluding hydrogens is 426 g/mol. The van der Waals surface area contributed by atoms with E-state index in [0.717, 1.165) is 36.8 Å². The number of amides is 3. The van der Waals surface area contributed by atoms with Gasteiger partial charge in [-0.05, 0) is 55.9 Å². The van der Waals surface area contributed by atoms with E-state index in [1.165, 1.54) is 12.7 Å². The van der Waals surface area contributed by atoms with Crippen molar-refractivity contribution >= 4 is 24.0 Å². The van der Waals surface area contributed by atoms with Crippen LogP contribution in [0.3, 0.4) is 0 Å². The number of carbonyl (C=O) groups excluding carboxylic acids is 3. The summed E-state index contributed by atoms with van der Waals surface area (Å²) >= 11 is 0. The zero-order chi connectivity index (χ0) is 23.7. The Morgan fingerprint density at radius 3 is 2.67 bits per heavy atom. The van der Waals surface area contributed by atoms with Gasteiger partial charge in [-0.15, -0.1) is 0 Å². The number of aliphatic hydroxyl groups is 1. The first-order valence-electron chi connectivity index (χ1n) is 11.6. The number of furan rings is 1. The van der Waals surface area contributed by atoms with Gasteiger partial charge in [0.25, 0.3) is 0 Å². The molecule has 0 radical (unpaired) electrons. The zero-order valence-electron chi connectivity index (χ0n) is 19.3. The lowest BCUT2D eigenvalue weighted by molar-refractivity contribution is -0.137. The van der Waals surface area contributed by atoms with Crippen LogP contribution in [-0.4, -0.2) is 47.7 Å². The number of fused-ring (bicyclic) bond motifs is 3. The summed E-state index contributed by atoms with van der Waals surface area (Å²) in [5.74, 6) is -0.937. The molecule has 0 aromatic carbocycles. The summed E-state index contributed by atoms with van der Waals surface area (Å²) in [5.41, 5.74) is 3.51. The maximum atomic E-state index is 13.0. The minimum atomic E-state index is -0.908. The SMILES string of the molecule is CCC1=C2[C@@H](CC/C(=C/c3ccc(CO)o3)CC)OC[C@@H]2[C@@H]2C(=O)N(C(=O)OC)C(=O)[C@@H]2C1. The van der Waals surface area contributed by atoms with Crippen LogP contribution in [0.15, 0.2) is 33.3 Å². The van der Waals surface area contributed by atoms with Gasteiger partial charge in [0, 0.05) is 5.92 Å². The molecule has 2 aliphatic heterocycles. The van der Waals surface area contributed by atoms with E-state index < -0.39 is 29.7 Å². The average molecular weight is 458 g/mol. The summed E-state index contributed by atoms with van der Waals surface area (Å²) in [6, 6.07) is 3.61. The van der Waals surface area contributed by atoms with Crippen LogP contribution in [0.5, 0.6) is 0 Å². The average Bonchev–Trinajstić information content (AvgIpc) is 3.52. The highest BCUT2D eigenvalue weighted by molar-refractivity contribution is 6.16. The van der Waals surface area contributed by atoms with Crippen molar-refractivity contribution in [3.05, 3.63) is 40.4 Å². The van der Waals surface area contributed by atoms with E-state index in [0.29, 0.717) is 29.4 Å². The Morgan fingerprint density at radius 2 is 2.03 bits per heavy atom. The van der Waals surface area contributed by atoms with Gasteiger partial charge in [-0.25, -0.2) is 4.79 Å². The number of allylic oxidation sites excluding steroid dienone is 2. The number of carbonyl (C=O) groups is 3. The molecule has 33 heavy (non-hydrogen) atoms. The second kappa shape index (κ2) is 9.65. The molecule has 8 nitrogen and oxygen atoms in total. The normalized spacial score (nSPS) is 27.3. The predicted molar refractivity (Wildman–Crippen MR) is 119 cm³/mol. The molecule has 4 atom stereocenters. The summed E-state index contributed by atoms with van der Waals surface area (Å²) in [5, 5.41) is 9.20. The molecule has 0 unspecified atom stereocenters. The molecule has 2 fully saturated rings. The highest BCUT2D eigenvalue weighted by atomic mass is 16.5. The second-order valence-electron chi connectivity index (χ2n) is 8.82. The molecule has 178 valence electrons. The fraction of sp³-hybridized carbons (Fsp3) is 0.560. The van der Waals surface area contributed by atoms with Gasteiger partial charge in [0.15, 0.2) is 0 Å². The van der Waals surface area contributed by atoms with E-state index in [2.05, 4.69) is 18.6 Å². The summed E-state index contributed by atoms with van der Waals surface area (Å²) in [6.07, 6.45) is 4.68. The quantitative estimate of drug-likeness (QED) is 0.490. The van der Waals surface area contributed by atoms with Gasteiger partial charge >= 0.3 is 6.09 Å². The van der Waals surface area contributed by atoms with Crippen LogP contribution in [-0.2, 0) is 25.7 Å². The highest BCUT2D eigenvalue weighted by Gasteiger charge is 2.58. The van der Waals surface area contributed by atoms with E-state index in [-0.39, 0.29) is 18.6 Å². The number of ether oxygens (including phenoxy) is 2. The standard InChI is InChI=1S/C25H31NO7/c1-4-14(10-16-7-8-17(12-27)33-16)6-9-20-21-15(5-2)11-18-22(19(21)13-32-20)24(29)26(23(18)28)25(30)31-3/h7-8,10,18-20,22,27H,4-6,9,11-13H2,1-3H3/b14-10+/t18-,19+,20-,22-/m1/s1. The number of aliphatic hydroxyl groups excluding tert-OH is 1. The number of nitrogens with zero attached hydrogens (tertiary/aromatic N) is 1. The van der Waals surface area contributed by atoms with E-state index in [4.69, 9.17) is 9.15 Å². The largest absolute Gasteiger partial charge is 0.459 e. The number of methoxy groups -OCH3 is 1. The predicted octanol–water partition coefficient (Wildman–Crippen LogP) is 3.84. The van der Waals surface area contributed by atoms with Gasteiger partial charge in [-0.2, -0.15) is 4.90 Å². The van der Waals surface area contributed by atoms with Crippen molar-refractivity contribution in [2.75, 3.05) is 13.7 Å². The second-order valence-corrected chi connectivity index (χ2v) is 8.82. The Bertz CT molecular complexity index is 1000. The molecule has 1 aromatic heterocycles. The maximum absolute atomic E-state index is 13.0. The van der Waals surface area contributed by atoms with Crippen LogP contribution in [0.25, 0.3) is 6.08 Å². The first-order valence-corrected chi connectivity index (χ1v) is 11.6. The topological polar surface area (TPSA) is 106 Å². The van der Waals surface area contributed by atoms with Crippen LogP contribution in [0.4, 0.5) is 4.79 Å². The lowest BCUT2D eigenvalue weighted by atomic mass is 9.69. The third-order valence-electron chi connectivity index (χ3n) is 7.16. The number of hydrogen-bond acceptors (Lipinski definition) is 7. The lowest BCUT2D eigenvalue weighted by Gasteiger charge is -2.31. The van der Waals surface area contributed by atoms with E-state index in [1.54, 1.807) is 6.07 Å². The summed E-state index contributed by atoms with van der Waals surface area (Å²) < 4.78 is 16.4. The van der Waals surface area contributed by atoms with Crippen LogP contribution in [0, 0.1) is 17.8 Å². The molecule has 0 saturated carbocycles. The van der Waals surface area contributed by atoms with Crippen molar-refractivity contribution < 1.29 is 33.4 Å². The minimum Gasteiger partial charge on any atom is -0.459 e. The molecule has 1 N–H and O–H groups in total. The zero-order valence-corrected chi connectivity index (χ0v) is 19.3.